The maximum Gasteiger partial charge on any atom is 0.269 e. The van der Waals surface area contributed by atoms with Crippen LogP contribution < -0.4 is 5.32 Å². The number of benzene rings is 2. The number of amides is 1. The van der Waals surface area contributed by atoms with Crippen molar-refractivity contribution in [3.05, 3.63) is 69.3 Å². The number of anilines is 1. The van der Waals surface area contributed by atoms with Crippen molar-refractivity contribution in [3.63, 3.8) is 0 Å². The van der Waals surface area contributed by atoms with E-state index < -0.39 is 4.92 Å². The van der Waals surface area contributed by atoms with Crippen molar-refractivity contribution in [2.24, 2.45) is 0 Å². The van der Waals surface area contributed by atoms with Crippen LogP contribution in [0, 0.1) is 24.0 Å². The average Bonchev–Trinajstić information content (AvgIpc) is 2.96. The molecule has 3 aromatic rings. The number of aryl methyl sites for hydroxylation is 2. The number of carbonyl (C=O) groups is 1. The summed E-state index contributed by atoms with van der Waals surface area (Å²) in [5, 5.41) is 13.9. The highest BCUT2D eigenvalue weighted by Crippen LogP contribution is 2.29. The molecule has 0 atom stereocenters. The SMILES string of the molecule is Cc1cc(C)c2sc(NC(=O)/C=C\c3ccc([N+](=O)[O-])cc3)nc2c1. The summed E-state index contributed by atoms with van der Waals surface area (Å²) in [4.78, 5) is 26.6. The molecule has 25 heavy (non-hydrogen) atoms. The van der Waals surface area contributed by atoms with Crippen LogP contribution >= 0.6 is 11.3 Å². The van der Waals surface area contributed by atoms with Gasteiger partial charge in [-0.15, -0.1) is 0 Å². The molecule has 6 nitrogen and oxygen atoms in total. The van der Waals surface area contributed by atoms with Crippen molar-refractivity contribution in [3.8, 4) is 0 Å². The second-order valence-electron chi connectivity index (χ2n) is 5.62. The molecule has 126 valence electrons. The highest BCUT2D eigenvalue weighted by atomic mass is 32.1. The predicted molar refractivity (Wildman–Crippen MR) is 99.9 cm³/mol. The van der Waals surface area contributed by atoms with Crippen LogP contribution in [0.15, 0.2) is 42.5 Å². The number of nitro benzene ring substituents is 1. The number of carbonyl (C=O) groups excluding carboxylic acids is 1. The molecule has 0 saturated carbocycles. The van der Waals surface area contributed by atoms with E-state index in [1.807, 2.05) is 19.9 Å². The molecule has 0 unspecified atom stereocenters. The Balaban J connectivity index is 1.71. The van der Waals surface area contributed by atoms with Crippen LogP contribution in [-0.4, -0.2) is 15.8 Å². The van der Waals surface area contributed by atoms with Crippen LogP contribution in [0.25, 0.3) is 16.3 Å². The molecule has 2 aromatic carbocycles. The lowest BCUT2D eigenvalue weighted by Gasteiger charge is -1.96. The number of hydrogen-bond acceptors (Lipinski definition) is 5. The van der Waals surface area contributed by atoms with E-state index in [0.717, 1.165) is 21.3 Å². The number of nitro groups is 1. The number of hydrogen-bond donors (Lipinski definition) is 1. The summed E-state index contributed by atoms with van der Waals surface area (Å²) >= 11 is 1.44. The number of non-ortho nitro benzene ring substituents is 1. The molecule has 1 N–H and O–H groups in total. The third-order valence-electron chi connectivity index (χ3n) is 3.58. The van der Waals surface area contributed by atoms with Gasteiger partial charge in [0.2, 0.25) is 5.91 Å². The largest absolute Gasteiger partial charge is 0.298 e. The van der Waals surface area contributed by atoms with Crippen molar-refractivity contribution in [2.75, 3.05) is 5.32 Å². The zero-order chi connectivity index (χ0) is 18.0. The Morgan fingerprint density at radius 2 is 1.96 bits per heavy atom. The number of thiazole rings is 1. The molecule has 0 aliphatic heterocycles. The smallest absolute Gasteiger partial charge is 0.269 e. The van der Waals surface area contributed by atoms with Gasteiger partial charge in [0.1, 0.15) is 0 Å². The second kappa shape index (κ2) is 6.82. The molecule has 0 aliphatic rings. The van der Waals surface area contributed by atoms with Gasteiger partial charge in [-0.05, 0) is 54.8 Å². The summed E-state index contributed by atoms with van der Waals surface area (Å²) in [6, 6.07) is 10.0. The van der Waals surface area contributed by atoms with E-state index in [2.05, 4.69) is 16.4 Å². The van der Waals surface area contributed by atoms with Crippen LogP contribution in [0.1, 0.15) is 16.7 Å². The van der Waals surface area contributed by atoms with Crippen LogP contribution in [0.2, 0.25) is 0 Å². The summed E-state index contributed by atoms with van der Waals surface area (Å²) in [7, 11) is 0. The molecule has 1 heterocycles. The van der Waals surface area contributed by atoms with E-state index in [9.17, 15) is 14.9 Å². The first kappa shape index (κ1) is 16.8. The molecule has 1 amide bonds. The summed E-state index contributed by atoms with van der Waals surface area (Å²) in [5.74, 6) is -0.299. The molecule has 0 bridgehead atoms. The highest BCUT2D eigenvalue weighted by molar-refractivity contribution is 7.22. The Labute approximate surface area is 148 Å². The first-order chi connectivity index (χ1) is 11.9. The van der Waals surface area contributed by atoms with Gasteiger partial charge in [-0.2, -0.15) is 0 Å². The fourth-order valence-electron chi connectivity index (χ4n) is 2.46. The van der Waals surface area contributed by atoms with E-state index in [1.54, 1.807) is 18.2 Å². The van der Waals surface area contributed by atoms with Gasteiger partial charge in [-0.1, -0.05) is 17.4 Å². The lowest BCUT2D eigenvalue weighted by Crippen LogP contribution is -2.07. The highest BCUT2D eigenvalue weighted by Gasteiger charge is 2.08. The fourth-order valence-corrected chi connectivity index (χ4v) is 3.37. The number of fused-ring (bicyclic) bond motifs is 1. The number of aromatic nitrogens is 1. The maximum absolute atomic E-state index is 12.1. The Bertz CT molecular complexity index is 991. The van der Waals surface area contributed by atoms with E-state index in [0.29, 0.717) is 10.7 Å². The summed E-state index contributed by atoms with van der Waals surface area (Å²) < 4.78 is 1.06. The molecule has 0 radical (unpaired) electrons. The van der Waals surface area contributed by atoms with Crippen molar-refractivity contribution in [2.45, 2.75) is 13.8 Å². The average molecular weight is 353 g/mol. The second-order valence-corrected chi connectivity index (χ2v) is 6.62. The van der Waals surface area contributed by atoms with Crippen LogP contribution in [-0.2, 0) is 4.79 Å². The van der Waals surface area contributed by atoms with Crippen molar-refractivity contribution in [1.82, 2.24) is 4.98 Å². The summed E-state index contributed by atoms with van der Waals surface area (Å²) in [6.45, 7) is 4.03. The van der Waals surface area contributed by atoms with Crippen LogP contribution in [0.4, 0.5) is 10.8 Å². The lowest BCUT2D eigenvalue weighted by molar-refractivity contribution is -0.384. The van der Waals surface area contributed by atoms with Gasteiger partial charge in [0, 0.05) is 18.2 Å². The monoisotopic (exact) mass is 353 g/mol. The Morgan fingerprint density at radius 3 is 2.64 bits per heavy atom. The Kier molecular flexibility index (Phi) is 4.58. The first-order valence-corrected chi connectivity index (χ1v) is 8.35. The van der Waals surface area contributed by atoms with E-state index in [4.69, 9.17) is 0 Å². The Morgan fingerprint density at radius 1 is 1.24 bits per heavy atom. The number of nitrogens with one attached hydrogen (secondary N) is 1. The van der Waals surface area contributed by atoms with E-state index in [-0.39, 0.29) is 11.6 Å². The maximum atomic E-state index is 12.1. The molecule has 3 rings (SSSR count). The molecule has 0 fully saturated rings. The Hall–Kier alpha value is -3.06. The minimum atomic E-state index is -0.461. The van der Waals surface area contributed by atoms with E-state index >= 15 is 0 Å². The molecule has 0 saturated heterocycles. The summed E-state index contributed by atoms with van der Waals surface area (Å²) in [5.41, 5.74) is 3.86. The third kappa shape index (κ3) is 3.89. The van der Waals surface area contributed by atoms with Crippen molar-refractivity contribution >= 4 is 44.4 Å². The van der Waals surface area contributed by atoms with Crippen LogP contribution in [0.5, 0.6) is 0 Å². The minimum absolute atomic E-state index is 0.0155. The molecule has 1 aromatic heterocycles. The quantitative estimate of drug-likeness (QED) is 0.426. The standard InChI is InChI=1S/C18H15N3O3S/c1-11-9-12(2)17-15(10-11)19-18(25-17)20-16(22)8-5-13-3-6-14(7-4-13)21(23)24/h3-10H,1-2H3,(H,19,20,22)/b8-5-. The number of nitrogens with zero attached hydrogens (tertiary/aromatic N) is 2. The van der Waals surface area contributed by atoms with Gasteiger partial charge < -0.3 is 0 Å². The molecular weight excluding hydrogens is 338 g/mol. The normalized spacial score (nSPS) is 11.1. The lowest BCUT2D eigenvalue weighted by atomic mass is 10.1. The first-order valence-electron chi connectivity index (χ1n) is 7.54. The zero-order valence-corrected chi connectivity index (χ0v) is 14.5. The van der Waals surface area contributed by atoms with Gasteiger partial charge in [-0.3, -0.25) is 20.2 Å². The molecule has 0 spiro atoms. The fraction of sp³-hybridized carbons (Fsp3) is 0.111. The van der Waals surface area contributed by atoms with E-state index in [1.165, 1.54) is 29.5 Å². The van der Waals surface area contributed by atoms with Gasteiger partial charge in [0.05, 0.1) is 15.1 Å². The topological polar surface area (TPSA) is 85.1 Å². The number of rotatable bonds is 4. The van der Waals surface area contributed by atoms with Gasteiger partial charge in [-0.25, -0.2) is 4.98 Å². The molecular formula is C18H15N3O3S. The molecule has 0 aliphatic carbocycles. The van der Waals surface area contributed by atoms with Gasteiger partial charge in [0.25, 0.3) is 5.69 Å². The van der Waals surface area contributed by atoms with Gasteiger partial charge in [0.15, 0.2) is 5.13 Å². The van der Waals surface area contributed by atoms with Crippen molar-refractivity contribution < 1.29 is 9.72 Å². The predicted octanol–water partition coefficient (Wildman–Crippen LogP) is 4.47. The summed E-state index contributed by atoms with van der Waals surface area (Å²) in [6.07, 6.45) is 2.98. The van der Waals surface area contributed by atoms with Crippen molar-refractivity contribution in [1.29, 1.82) is 0 Å². The third-order valence-corrected chi connectivity index (χ3v) is 4.70. The van der Waals surface area contributed by atoms with Crippen LogP contribution in [0.3, 0.4) is 0 Å². The zero-order valence-electron chi connectivity index (χ0n) is 13.6. The minimum Gasteiger partial charge on any atom is -0.298 e. The molecule has 7 heteroatoms. The van der Waals surface area contributed by atoms with Gasteiger partial charge >= 0.3 is 0 Å².